The van der Waals surface area contributed by atoms with E-state index in [1.54, 1.807) is 39.5 Å². The van der Waals surface area contributed by atoms with Crippen LogP contribution in [0, 0.1) is 0 Å². The number of sulfonamides is 1. The molecule has 3 aliphatic rings. The molecule has 220 valence electrons. The Hall–Kier alpha value is -2.84. The van der Waals surface area contributed by atoms with E-state index in [0.29, 0.717) is 45.6 Å². The van der Waals surface area contributed by atoms with Crippen molar-refractivity contribution in [1.29, 1.82) is 0 Å². The number of benzene rings is 2. The van der Waals surface area contributed by atoms with Crippen LogP contribution in [-0.2, 0) is 24.7 Å². The fourth-order valence-electron chi connectivity index (χ4n) is 5.58. The summed E-state index contributed by atoms with van der Waals surface area (Å²) in [6.07, 6.45) is 7.60. The minimum Gasteiger partial charge on any atom is -0.289 e. The van der Waals surface area contributed by atoms with E-state index in [0.717, 1.165) is 43.1 Å². The molecule has 3 aromatic rings. The molecule has 1 aromatic heterocycles. The van der Waals surface area contributed by atoms with Crippen LogP contribution in [0.1, 0.15) is 37.7 Å². The zero-order valence-corrected chi connectivity index (χ0v) is 26.0. The second-order valence-corrected chi connectivity index (χ2v) is 16.5. The predicted octanol–water partition coefficient (Wildman–Crippen LogP) is 4.49. The highest BCUT2D eigenvalue weighted by Gasteiger charge is 2.42. The van der Waals surface area contributed by atoms with Crippen LogP contribution in [0.3, 0.4) is 0 Å². The number of para-hydroxylation sites is 1. The molecular weight excluding hydrogens is 613 g/mol. The second-order valence-electron chi connectivity index (χ2n) is 10.7. The Morgan fingerprint density at radius 1 is 1.00 bits per heavy atom. The number of carbonyl (C=O) groups excluding carboxylic acids is 1. The standard InChI is InChI=1S/C29H30N4O5S4/c34-28-26(40-29(39)33(28)24-13-16-41(35,36)20-24)18-22-19-32(23-10-4-3-5-11-23)30-27(22)21-9-8-12-25(17-21)42(37,38)31-14-6-1-2-7-15-31/h3-5,8-12,17-19,24H,1-2,6-7,13-16,20H2. The van der Waals surface area contributed by atoms with Gasteiger partial charge in [0.1, 0.15) is 10.0 Å². The van der Waals surface area contributed by atoms with E-state index in [1.807, 2.05) is 36.4 Å². The highest BCUT2D eigenvalue weighted by Crippen LogP contribution is 2.38. The second kappa shape index (κ2) is 11.7. The predicted molar refractivity (Wildman–Crippen MR) is 168 cm³/mol. The Morgan fingerprint density at radius 2 is 1.74 bits per heavy atom. The molecule has 3 aliphatic heterocycles. The number of aromatic nitrogens is 2. The van der Waals surface area contributed by atoms with Gasteiger partial charge in [-0.3, -0.25) is 9.69 Å². The molecule has 1 atom stereocenters. The van der Waals surface area contributed by atoms with Crippen molar-refractivity contribution < 1.29 is 21.6 Å². The van der Waals surface area contributed by atoms with Gasteiger partial charge in [0.2, 0.25) is 10.0 Å². The number of thioether (sulfide) groups is 1. The van der Waals surface area contributed by atoms with E-state index in [9.17, 15) is 21.6 Å². The molecule has 6 rings (SSSR count). The van der Waals surface area contributed by atoms with Gasteiger partial charge < -0.3 is 0 Å². The van der Waals surface area contributed by atoms with Gasteiger partial charge in [-0.1, -0.05) is 67.2 Å². The smallest absolute Gasteiger partial charge is 0.266 e. The lowest BCUT2D eigenvalue weighted by Gasteiger charge is -2.20. The van der Waals surface area contributed by atoms with Gasteiger partial charge in [0, 0.05) is 30.4 Å². The number of hydrogen-bond acceptors (Lipinski definition) is 8. The van der Waals surface area contributed by atoms with Crippen LogP contribution in [-0.4, -0.2) is 76.7 Å². The van der Waals surface area contributed by atoms with E-state index >= 15 is 0 Å². The summed E-state index contributed by atoms with van der Waals surface area (Å²) >= 11 is 6.64. The summed E-state index contributed by atoms with van der Waals surface area (Å²) in [6, 6.07) is 15.8. The van der Waals surface area contributed by atoms with E-state index in [4.69, 9.17) is 17.3 Å². The topological polar surface area (TPSA) is 110 Å². The molecule has 1 amide bonds. The molecular formula is C29H30N4O5S4. The minimum absolute atomic E-state index is 0.0401. The van der Waals surface area contributed by atoms with Crippen LogP contribution >= 0.6 is 24.0 Å². The van der Waals surface area contributed by atoms with Gasteiger partial charge in [-0.15, -0.1) is 0 Å². The van der Waals surface area contributed by atoms with Crippen LogP contribution in [0.15, 0.2) is 70.6 Å². The van der Waals surface area contributed by atoms with Crippen LogP contribution in [0.25, 0.3) is 23.0 Å². The maximum absolute atomic E-state index is 13.6. The Balaban J connectivity index is 1.39. The fourth-order valence-corrected chi connectivity index (χ4v) is 10.2. The molecule has 0 bridgehead atoms. The molecule has 0 N–H and O–H groups in total. The summed E-state index contributed by atoms with van der Waals surface area (Å²) in [5, 5.41) is 4.82. The van der Waals surface area contributed by atoms with Crippen molar-refractivity contribution in [3.05, 3.63) is 71.3 Å². The summed E-state index contributed by atoms with van der Waals surface area (Å²) in [7, 11) is -6.89. The molecule has 13 heteroatoms. The van der Waals surface area contributed by atoms with Crippen LogP contribution in [0.2, 0.25) is 0 Å². The number of rotatable bonds is 6. The molecule has 0 saturated carbocycles. The lowest BCUT2D eigenvalue weighted by atomic mass is 10.1. The summed E-state index contributed by atoms with van der Waals surface area (Å²) in [5.74, 6) is -0.385. The highest BCUT2D eigenvalue weighted by atomic mass is 32.2. The lowest BCUT2D eigenvalue weighted by molar-refractivity contribution is -0.123. The fraction of sp³-hybridized carbons (Fsp3) is 0.345. The molecule has 3 fully saturated rings. The zero-order chi connectivity index (χ0) is 29.5. The molecule has 42 heavy (non-hydrogen) atoms. The van der Waals surface area contributed by atoms with Gasteiger partial charge in [0.15, 0.2) is 9.84 Å². The van der Waals surface area contributed by atoms with Crippen molar-refractivity contribution in [1.82, 2.24) is 19.0 Å². The third-order valence-corrected chi connectivity index (χ3v) is 12.7. The average molecular weight is 643 g/mol. The minimum atomic E-state index is -3.69. The third kappa shape index (κ3) is 5.85. The van der Waals surface area contributed by atoms with Crippen LogP contribution < -0.4 is 0 Å². The monoisotopic (exact) mass is 642 g/mol. The van der Waals surface area contributed by atoms with Crippen molar-refractivity contribution >= 4 is 60.1 Å². The molecule has 0 spiro atoms. The first-order valence-electron chi connectivity index (χ1n) is 13.9. The van der Waals surface area contributed by atoms with E-state index < -0.39 is 25.9 Å². The molecule has 1 unspecified atom stereocenters. The van der Waals surface area contributed by atoms with Crippen LogP contribution in [0.5, 0.6) is 0 Å². The van der Waals surface area contributed by atoms with Gasteiger partial charge in [0.25, 0.3) is 5.91 Å². The first kappa shape index (κ1) is 29.2. The first-order valence-corrected chi connectivity index (χ1v) is 18.3. The van der Waals surface area contributed by atoms with Gasteiger partial charge in [-0.25, -0.2) is 21.5 Å². The molecule has 0 radical (unpaired) electrons. The molecule has 4 heterocycles. The summed E-state index contributed by atoms with van der Waals surface area (Å²) in [4.78, 5) is 15.5. The number of nitrogens with zero attached hydrogens (tertiary/aromatic N) is 4. The lowest BCUT2D eigenvalue weighted by Crippen LogP contribution is -2.39. The summed E-state index contributed by atoms with van der Waals surface area (Å²) < 4.78 is 54.9. The average Bonchev–Trinajstić information content (AvgIpc) is 3.54. The first-order chi connectivity index (χ1) is 20.1. The Bertz CT molecular complexity index is 1780. The van der Waals surface area contributed by atoms with Gasteiger partial charge in [-0.05, 0) is 49.6 Å². The van der Waals surface area contributed by atoms with E-state index in [-0.39, 0.29) is 22.3 Å². The van der Waals surface area contributed by atoms with Gasteiger partial charge in [0.05, 0.1) is 33.0 Å². The van der Waals surface area contributed by atoms with Crippen LogP contribution in [0.4, 0.5) is 0 Å². The number of hydrogen-bond donors (Lipinski definition) is 0. The number of carbonyl (C=O) groups is 1. The third-order valence-electron chi connectivity index (χ3n) is 7.76. The van der Waals surface area contributed by atoms with Crippen molar-refractivity contribution in [2.75, 3.05) is 24.6 Å². The maximum Gasteiger partial charge on any atom is 0.266 e. The molecule has 3 saturated heterocycles. The maximum atomic E-state index is 13.6. The Morgan fingerprint density at radius 3 is 2.43 bits per heavy atom. The van der Waals surface area contributed by atoms with Crippen molar-refractivity contribution in [2.24, 2.45) is 0 Å². The van der Waals surface area contributed by atoms with Gasteiger partial charge >= 0.3 is 0 Å². The van der Waals surface area contributed by atoms with Crippen molar-refractivity contribution in [3.63, 3.8) is 0 Å². The van der Waals surface area contributed by atoms with Gasteiger partial charge in [-0.2, -0.15) is 9.40 Å². The Kier molecular flexibility index (Phi) is 8.13. The normalized spacial score (nSPS) is 22.6. The van der Waals surface area contributed by atoms with Crippen molar-refractivity contribution in [3.8, 4) is 16.9 Å². The number of sulfone groups is 1. The van der Waals surface area contributed by atoms with E-state index in [1.165, 1.54) is 4.90 Å². The molecule has 2 aromatic carbocycles. The SMILES string of the molecule is O=C1C(=Cc2cn(-c3ccccc3)nc2-c2cccc(S(=O)(=O)N3CCCCCC3)c2)SC(=S)N1C1CCS(=O)(=O)C1. The quantitative estimate of drug-likeness (QED) is 0.286. The largest absolute Gasteiger partial charge is 0.289 e. The van der Waals surface area contributed by atoms with Crippen molar-refractivity contribution in [2.45, 2.75) is 43.0 Å². The Labute approximate surface area is 255 Å². The number of thiocarbonyl (C=S) groups is 1. The molecule has 0 aliphatic carbocycles. The summed E-state index contributed by atoms with van der Waals surface area (Å²) in [6.45, 7) is 1.01. The summed E-state index contributed by atoms with van der Waals surface area (Å²) in [5.41, 5.74) is 2.53. The molecule has 9 nitrogen and oxygen atoms in total. The number of amides is 1. The van der Waals surface area contributed by atoms with E-state index in [2.05, 4.69) is 0 Å². The highest BCUT2D eigenvalue weighted by molar-refractivity contribution is 8.26. The zero-order valence-electron chi connectivity index (χ0n) is 22.8.